The van der Waals surface area contributed by atoms with Crippen LogP contribution in [-0.4, -0.2) is 54.3 Å². The quantitative estimate of drug-likeness (QED) is 0.616. The first-order valence-electron chi connectivity index (χ1n) is 12.4. The molecule has 2 amide bonds. The summed E-state index contributed by atoms with van der Waals surface area (Å²) < 4.78 is 0. The normalized spacial score (nSPS) is 18.2. The number of aryl methyl sites for hydroxylation is 1. The van der Waals surface area contributed by atoms with Crippen molar-refractivity contribution in [2.24, 2.45) is 5.92 Å². The minimum Gasteiger partial charge on any atom is -0.340 e. The Morgan fingerprint density at radius 2 is 1.91 bits per heavy atom. The zero-order valence-electron chi connectivity index (χ0n) is 20.0. The molecule has 4 rings (SSSR count). The highest BCUT2D eigenvalue weighted by Gasteiger charge is 2.25. The number of rotatable bonds is 8. The van der Waals surface area contributed by atoms with Crippen molar-refractivity contribution in [2.75, 3.05) is 38.0 Å². The van der Waals surface area contributed by atoms with Gasteiger partial charge in [0.1, 0.15) is 11.1 Å². The minimum absolute atomic E-state index is 0.0393. The fourth-order valence-corrected chi connectivity index (χ4v) is 6.25. The number of carbonyl (C=O) groups excluding carboxylic acids is 2. The van der Waals surface area contributed by atoms with Gasteiger partial charge < -0.3 is 10.2 Å². The molecule has 0 radical (unpaired) electrons. The van der Waals surface area contributed by atoms with Crippen LogP contribution in [0.2, 0.25) is 0 Å². The Morgan fingerprint density at radius 1 is 1.15 bits per heavy atom. The number of piperazine rings is 1. The molecule has 1 fully saturated rings. The van der Waals surface area contributed by atoms with Crippen LogP contribution in [0.15, 0.2) is 30.3 Å². The van der Waals surface area contributed by atoms with Crippen molar-refractivity contribution in [1.29, 1.82) is 5.26 Å². The molecule has 180 valence electrons. The summed E-state index contributed by atoms with van der Waals surface area (Å²) in [6.45, 7) is 5.95. The third-order valence-corrected chi connectivity index (χ3v) is 8.13. The Balaban J connectivity index is 1.17. The molecule has 34 heavy (non-hydrogen) atoms. The van der Waals surface area contributed by atoms with Gasteiger partial charge in [0, 0.05) is 50.4 Å². The molecule has 1 atom stereocenters. The zero-order valence-corrected chi connectivity index (χ0v) is 20.8. The fourth-order valence-electron chi connectivity index (χ4n) is 4.87. The SMILES string of the molecule is CC1CCc2c(sc(NC(=O)CCN3CCN(C(=O)CCCc4ccccc4)CC3)c2C#N)C1. The predicted octanol–water partition coefficient (Wildman–Crippen LogP) is 4.24. The third-order valence-electron chi connectivity index (χ3n) is 6.96. The van der Waals surface area contributed by atoms with E-state index < -0.39 is 0 Å². The molecular formula is C27H34N4O2S. The maximum atomic E-state index is 12.6. The van der Waals surface area contributed by atoms with Crippen molar-refractivity contribution in [1.82, 2.24) is 9.80 Å². The highest BCUT2D eigenvalue weighted by Crippen LogP contribution is 2.39. The van der Waals surface area contributed by atoms with Crippen LogP contribution in [-0.2, 0) is 28.9 Å². The molecule has 1 aromatic heterocycles. The molecule has 0 bridgehead atoms. The minimum atomic E-state index is -0.0393. The van der Waals surface area contributed by atoms with E-state index in [0.717, 1.165) is 68.8 Å². The smallest absolute Gasteiger partial charge is 0.226 e. The number of nitriles is 1. The molecule has 1 aliphatic heterocycles. The van der Waals surface area contributed by atoms with E-state index in [1.54, 1.807) is 11.3 Å². The van der Waals surface area contributed by atoms with Crippen molar-refractivity contribution in [2.45, 2.75) is 51.9 Å². The van der Waals surface area contributed by atoms with Gasteiger partial charge in [-0.3, -0.25) is 14.5 Å². The van der Waals surface area contributed by atoms with Crippen LogP contribution in [0.1, 0.15) is 54.2 Å². The topological polar surface area (TPSA) is 76.4 Å². The van der Waals surface area contributed by atoms with Gasteiger partial charge in [-0.05, 0) is 49.1 Å². The Morgan fingerprint density at radius 3 is 2.65 bits per heavy atom. The lowest BCUT2D eigenvalue weighted by molar-refractivity contribution is -0.133. The molecule has 1 aromatic carbocycles. The first-order valence-corrected chi connectivity index (χ1v) is 13.2. The van der Waals surface area contributed by atoms with E-state index in [2.05, 4.69) is 35.3 Å². The second-order valence-electron chi connectivity index (χ2n) is 9.53. The molecule has 1 aliphatic carbocycles. The van der Waals surface area contributed by atoms with E-state index in [0.29, 0.717) is 30.9 Å². The Hall–Kier alpha value is -2.69. The maximum absolute atomic E-state index is 12.6. The van der Waals surface area contributed by atoms with E-state index in [1.165, 1.54) is 10.4 Å². The molecule has 6 nitrogen and oxygen atoms in total. The molecule has 0 saturated carbocycles. The van der Waals surface area contributed by atoms with Gasteiger partial charge in [0.15, 0.2) is 0 Å². The molecule has 2 aliphatic rings. The molecular weight excluding hydrogens is 444 g/mol. The van der Waals surface area contributed by atoms with Crippen LogP contribution in [0, 0.1) is 17.2 Å². The van der Waals surface area contributed by atoms with Crippen LogP contribution in [0.4, 0.5) is 5.00 Å². The summed E-state index contributed by atoms with van der Waals surface area (Å²) in [6.07, 6.45) is 5.82. The lowest BCUT2D eigenvalue weighted by Crippen LogP contribution is -2.49. The summed E-state index contributed by atoms with van der Waals surface area (Å²) in [6, 6.07) is 12.6. The van der Waals surface area contributed by atoms with Crippen LogP contribution in [0.3, 0.4) is 0 Å². The fraction of sp³-hybridized carbons (Fsp3) is 0.519. The van der Waals surface area contributed by atoms with E-state index in [4.69, 9.17) is 0 Å². The first-order chi connectivity index (χ1) is 16.5. The van der Waals surface area contributed by atoms with Crippen molar-refractivity contribution < 1.29 is 9.59 Å². The second-order valence-corrected chi connectivity index (χ2v) is 10.6. The largest absolute Gasteiger partial charge is 0.340 e. The van der Waals surface area contributed by atoms with Gasteiger partial charge in [0.25, 0.3) is 0 Å². The summed E-state index contributed by atoms with van der Waals surface area (Å²) >= 11 is 1.58. The lowest BCUT2D eigenvalue weighted by Gasteiger charge is -2.34. The van der Waals surface area contributed by atoms with Gasteiger partial charge in [-0.2, -0.15) is 5.26 Å². The third kappa shape index (κ3) is 6.25. The van der Waals surface area contributed by atoms with E-state index in [9.17, 15) is 14.9 Å². The van der Waals surface area contributed by atoms with E-state index >= 15 is 0 Å². The van der Waals surface area contributed by atoms with Gasteiger partial charge in [-0.15, -0.1) is 11.3 Å². The number of hydrogen-bond donors (Lipinski definition) is 1. The molecule has 1 N–H and O–H groups in total. The average Bonchev–Trinajstić information content (AvgIpc) is 3.19. The number of hydrogen-bond acceptors (Lipinski definition) is 5. The Labute approximate surface area is 206 Å². The molecule has 2 heterocycles. The molecule has 1 saturated heterocycles. The maximum Gasteiger partial charge on any atom is 0.226 e. The summed E-state index contributed by atoms with van der Waals surface area (Å²) in [7, 11) is 0. The standard InChI is InChI=1S/C27H34N4O2S/c1-20-10-11-22-23(19-28)27(34-24(22)18-20)29-25(32)12-13-30-14-16-31(17-15-30)26(33)9-5-8-21-6-3-2-4-7-21/h2-4,6-7,20H,5,8-18H2,1H3,(H,29,32). The first kappa shape index (κ1) is 24.4. The number of fused-ring (bicyclic) bond motifs is 1. The summed E-state index contributed by atoms with van der Waals surface area (Å²) in [5.41, 5.74) is 3.09. The summed E-state index contributed by atoms with van der Waals surface area (Å²) in [4.78, 5) is 30.6. The molecule has 2 aromatic rings. The van der Waals surface area contributed by atoms with E-state index in [1.807, 2.05) is 23.1 Å². The number of amides is 2. The number of thiophene rings is 1. The molecule has 1 unspecified atom stereocenters. The van der Waals surface area contributed by atoms with Gasteiger partial charge in [0.05, 0.1) is 5.56 Å². The van der Waals surface area contributed by atoms with Gasteiger partial charge in [-0.25, -0.2) is 0 Å². The lowest BCUT2D eigenvalue weighted by atomic mass is 9.89. The summed E-state index contributed by atoms with van der Waals surface area (Å²) in [5.74, 6) is 0.826. The summed E-state index contributed by atoms with van der Waals surface area (Å²) in [5, 5.41) is 13.3. The van der Waals surface area contributed by atoms with Crippen molar-refractivity contribution in [3.63, 3.8) is 0 Å². The second kappa shape index (κ2) is 11.6. The van der Waals surface area contributed by atoms with Gasteiger partial charge in [-0.1, -0.05) is 37.3 Å². The number of benzene rings is 1. The number of nitrogens with zero attached hydrogens (tertiary/aromatic N) is 3. The van der Waals surface area contributed by atoms with Crippen LogP contribution in [0.25, 0.3) is 0 Å². The van der Waals surface area contributed by atoms with Crippen LogP contribution < -0.4 is 5.32 Å². The van der Waals surface area contributed by atoms with Crippen molar-refractivity contribution >= 4 is 28.2 Å². The highest BCUT2D eigenvalue weighted by atomic mass is 32.1. The number of anilines is 1. The molecule has 0 spiro atoms. The van der Waals surface area contributed by atoms with Crippen LogP contribution in [0.5, 0.6) is 0 Å². The van der Waals surface area contributed by atoms with Gasteiger partial charge >= 0.3 is 0 Å². The Bertz CT molecular complexity index is 1030. The van der Waals surface area contributed by atoms with Gasteiger partial charge in [0.2, 0.25) is 11.8 Å². The Kier molecular flexibility index (Phi) is 8.36. The monoisotopic (exact) mass is 478 g/mol. The number of nitrogens with one attached hydrogen (secondary N) is 1. The van der Waals surface area contributed by atoms with Crippen molar-refractivity contribution in [3.8, 4) is 6.07 Å². The number of carbonyl (C=O) groups is 2. The predicted molar refractivity (Wildman–Crippen MR) is 136 cm³/mol. The van der Waals surface area contributed by atoms with Crippen LogP contribution >= 0.6 is 11.3 Å². The average molecular weight is 479 g/mol. The van der Waals surface area contributed by atoms with Crippen molar-refractivity contribution in [3.05, 3.63) is 51.9 Å². The zero-order chi connectivity index (χ0) is 23.9. The van der Waals surface area contributed by atoms with E-state index in [-0.39, 0.29) is 11.8 Å². The molecule has 7 heteroatoms. The highest BCUT2D eigenvalue weighted by molar-refractivity contribution is 7.16.